The highest BCUT2D eigenvalue weighted by Gasteiger charge is 2.48. The third kappa shape index (κ3) is 1.11. The lowest BCUT2D eigenvalue weighted by Gasteiger charge is -2.44. The molecule has 0 heterocycles. The van der Waals surface area contributed by atoms with E-state index in [4.69, 9.17) is 0 Å². The first-order chi connectivity index (χ1) is 5.66. The Morgan fingerprint density at radius 1 is 0.667 bits per heavy atom. The predicted molar refractivity (Wildman–Crippen MR) is 53.2 cm³/mol. The van der Waals surface area contributed by atoms with Crippen molar-refractivity contribution in [2.75, 3.05) is 0 Å². The molecule has 12 heavy (non-hydrogen) atoms. The van der Waals surface area contributed by atoms with Crippen LogP contribution in [0.3, 0.4) is 0 Å². The van der Waals surface area contributed by atoms with Crippen molar-refractivity contribution in [1.82, 2.24) is 0 Å². The molecule has 1 spiro atoms. The molecule has 0 aromatic rings. The molecule has 0 amide bonds. The Bertz CT molecular complexity index is 161. The maximum Gasteiger partial charge on any atom is -0.0246 e. The van der Waals surface area contributed by atoms with Gasteiger partial charge in [0.25, 0.3) is 0 Å². The van der Waals surface area contributed by atoms with E-state index in [0.29, 0.717) is 5.41 Å². The molecule has 0 bridgehead atoms. The van der Waals surface area contributed by atoms with E-state index in [-0.39, 0.29) is 0 Å². The molecule has 0 aromatic carbocycles. The zero-order chi connectivity index (χ0) is 8.66. The van der Waals surface area contributed by atoms with Gasteiger partial charge in [0.1, 0.15) is 0 Å². The number of hydrogen-bond donors (Lipinski definition) is 0. The van der Waals surface area contributed by atoms with Crippen LogP contribution in [-0.2, 0) is 0 Å². The van der Waals surface area contributed by atoms with E-state index >= 15 is 0 Å². The second kappa shape index (κ2) is 2.75. The van der Waals surface area contributed by atoms with E-state index < -0.39 is 0 Å². The van der Waals surface area contributed by atoms with E-state index in [1.165, 1.54) is 51.4 Å². The largest absolute Gasteiger partial charge is 0.0594 e. The molecule has 0 aromatic heterocycles. The smallest absolute Gasteiger partial charge is 0.0246 e. The average Bonchev–Trinajstić information content (AvgIpc) is 2.30. The molecule has 0 atom stereocenters. The molecule has 0 nitrogen and oxygen atoms in total. The molecule has 0 unspecified atom stereocenters. The predicted octanol–water partition coefficient (Wildman–Crippen LogP) is 4.15. The summed E-state index contributed by atoms with van der Waals surface area (Å²) in [5, 5.41) is 0. The highest BCUT2D eigenvalue weighted by Crippen LogP contribution is 2.59. The van der Waals surface area contributed by atoms with Crippen LogP contribution in [0.4, 0.5) is 0 Å². The Morgan fingerprint density at radius 2 is 1.25 bits per heavy atom. The minimum absolute atomic E-state index is 0.660. The summed E-state index contributed by atoms with van der Waals surface area (Å²) < 4.78 is 0. The summed E-state index contributed by atoms with van der Waals surface area (Å²) >= 11 is 0. The normalized spacial score (nSPS) is 32.5. The van der Waals surface area contributed by atoms with Crippen LogP contribution in [0.25, 0.3) is 0 Å². The highest BCUT2D eigenvalue weighted by molar-refractivity contribution is 4.98. The molecule has 70 valence electrons. The molecule has 0 N–H and O–H groups in total. The Labute approximate surface area is 76.7 Å². The monoisotopic (exact) mass is 166 g/mol. The lowest BCUT2D eigenvalue weighted by atomic mass is 9.61. The van der Waals surface area contributed by atoms with Crippen LogP contribution in [0.5, 0.6) is 0 Å². The van der Waals surface area contributed by atoms with Gasteiger partial charge in [-0.25, -0.2) is 0 Å². The molecule has 2 aliphatic carbocycles. The number of rotatable bonds is 0. The van der Waals surface area contributed by atoms with Crippen LogP contribution in [0.15, 0.2) is 0 Å². The first kappa shape index (κ1) is 8.59. The van der Waals surface area contributed by atoms with E-state index in [9.17, 15) is 0 Å². The molecule has 2 saturated carbocycles. The second-order valence-electron chi connectivity index (χ2n) is 5.58. The molecule has 0 radical (unpaired) electrons. The average molecular weight is 166 g/mol. The lowest BCUT2D eigenvalue weighted by Crippen LogP contribution is -2.34. The quantitative estimate of drug-likeness (QED) is 0.507. The highest BCUT2D eigenvalue weighted by atomic mass is 14.5. The van der Waals surface area contributed by atoms with Gasteiger partial charge in [-0.05, 0) is 36.5 Å². The van der Waals surface area contributed by atoms with Crippen molar-refractivity contribution >= 4 is 0 Å². The zero-order valence-electron chi connectivity index (χ0n) is 8.66. The van der Waals surface area contributed by atoms with E-state index in [1.807, 2.05) is 0 Å². The Balaban J connectivity index is 2.17. The van der Waals surface area contributed by atoms with Crippen molar-refractivity contribution in [3.8, 4) is 0 Å². The van der Waals surface area contributed by atoms with Gasteiger partial charge < -0.3 is 0 Å². The van der Waals surface area contributed by atoms with Crippen molar-refractivity contribution < 1.29 is 0 Å². The molecule has 0 heteroatoms. The Morgan fingerprint density at radius 3 is 1.75 bits per heavy atom. The maximum atomic E-state index is 2.51. The third-order valence-corrected chi connectivity index (χ3v) is 4.70. The van der Waals surface area contributed by atoms with Gasteiger partial charge in [-0.15, -0.1) is 0 Å². The first-order valence-corrected chi connectivity index (χ1v) is 5.66. The van der Waals surface area contributed by atoms with Gasteiger partial charge in [-0.2, -0.15) is 0 Å². The minimum Gasteiger partial charge on any atom is -0.0594 e. The lowest BCUT2D eigenvalue weighted by molar-refractivity contribution is 0.0595. The van der Waals surface area contributed by atoms with Gasteiger partial charge in [0, 0.05) is 0 Å². The van der Waals surface area contributed by atoms with Crippen LogP contribution in [0, 0.1) is 10.8 Å². The van der Waals surface area contributed by atoms with E-state index in [0.717, 1.165) is 5.41 Å². The molecule has 0 aliphatic heterocycles. The standard InChI is InChI=1S/C12H22/c1-11(2)7-6-10-12(11)8-4-3-5-9-12/h3-10H2,1-2H3. The first-order valence-electron chi connectivity index (χ1n) is 5.66. The van der Waals surface area contributed by atoms with Crippen LogP contribution in [-0.4, -0.2) is 0 Å². The second-order valence-corrected chi connectivity index (χ2v) is 5.58. The van der Waals surface area contributed by atoms with Gasteiger partial charge >= 0.3 is 0 Å². The van der Waals surface area contributed by atoms with Crippen molar-refractivity contribution in [2.45, 2.75) is 65.2 Å². The third-order valence-electron chi connectivity index (χ3n) is 4.70. The molecule has 2 fully saturated rings. The molecule has 2 rings (SSSR count). The maximum absolute atomic E-state index is 2.51. The van der Waals surface area contributed by atoms with Crippen molar-refractivity contribution in [3.05, 3.63) is 0 Å². The summed E-state index contributed by atoms with van der Waals surface area (Å²) in [5.41, 5.74) is 1.43. The van der Waals surface area contributed by atoms with Crippen molar-refractivity contribution in [2.24, 2.45) is 10.8 Å². The fourth-order valence-electron chi connectivity index (χ4n) is 3.63. The van der Waals surface area contributed by atoms with Gasteiger partial charge in [0.05, 0.1) is 0 Å². The fraction of sp³-hybridized carbons (Fsp3) is 1.00. The van der Waals surface area contributed by atoms with Crippen LogP contribution in [0.1, 0.15) is 65.2 Å². The van der Waals surface area contributed by atoms with Crippen LogP contribution >= 0.6 is 0 Å². The summed E-state index contributed by atoms with van der Waals surface area (Å²) in [6.07, 6.45) is 12.1. The van der Waals surface area contributed by atoms with Crippen LogP contribution in [0.2, 0.25) is 0 Å². The van der Waals surface area contributed by atoms with Crippen molar-refractivity contribution in [3.63, 3.8) is 0 Å². The van der Waals surface area contributed by atoms with E-state index in [2.05, 4.69) is 13.8 Å². The van der Waals surface area contributed by atoms with Gasteiger partial charge in [0.15, 0.2) is 0 Å². The fourth-order valence-corrected chi connectivity index (χ4v) is 3.63. The topological polar surface area (TPSA) is 0 Å². The van der Waals surface area contributed by atoms with Crippen molar-refractivity contribution in [1.29, 1.82) is 0 Å². The zero-order valence-corrected chi connectivity index (χ0v) is 8.66. The van der Waals surface area contributed by atoms with E-state index in [1.54, 1.807) is 0 Å². The summed E-state index contributed by atoms with van der Waals surface area (Å²) in [7, 11) is 0. The van der Waals surface area contributed by atoms with Crippen LogP contribution < -0.4 is 0 Å². The SMILES string of the molecule is CC1(C)CCCC12CCCCC2. The minimum atomic E-state index is 0.660. The summed E-state index contributed by atoms with van der Waals surface area (Å²) in [6, 6.07) is 0. The Hall–Kier alpha value is 0. The molecular weight excluding hydrogens is 144 g/mol. The Kier molecular flexibility index (Phi) is 1.97. The molecular formula is C12H22. The summed E-state index contributed by atoms with van der Waals surface area (Å²) in [4.78, 5) is 0. The van der Waals surface area contributed by atoms with Gasteiger partial charge in [0.2, 0.25) is 0 Å². The molecule has 2 aliphatic rings. The van der Waals surface area contributed by atoms with Gasteiger partial charge in [-0.3, -0.25) is 0 Å². The summed E-state index contributed by atoms with van der Waals surface area (Å²) in [5.74, 6) is 0. The number of hydrogen-bond acceptors (Lipinski definition) is 0. The molecule has 0 saturated heterocycles. The summed E-state index contributed by atoms with van der Waals surface area (Å²) in [6.45, 7) is 5.01. The van der Waals surface area contributed by atoms with Gasteiger partial charge in [-0.1, -0.05) is 39.5 Å².